The van der Waals surface area contributed by atoms with E-state index in [-0.39, 0.29) is 18.4 Å². The highest BCUT2D eigenvalue weighted by Crippen LogP contribution is 2.45. The maximum atomic E-state index is 12.2. The van der Waals surface area contributed by atoms with Crippen molar-refractivity contribution in [2.75, 3.05) is 13.7 Å². The number of hydrogen-bond acceptors (Lipinski definition) is 3. The van der Waals surface area contributed by atoms with Gasteiger partial charge < -0.3 is 15.2 Å². The quantitative estimate of drug-likeness (QED) is 0.814. The Labute approximate surface area is 132 Å². The Bertz CT molecular complexity index is 530. The van der Waals surface area contributed by atoms with Gasteiger partial charge in [-0.3, -0.25) is 4.79 Å². The molecule has 1 unspecified atom stereocenters. The standard InChI is InChI=1S/C18H27NO3/c1-12-9-14(7-8-16(12)22-4)15(13-5-6-13)10-17(20)19-11-18(2,3)21/h7-9,13,15,21H,5-6,10-11H2,1-4H3,(H,19,20). The number of methoxy groups -OCH3 is 1. The summed E-state index contributed by atoms with van der Waals surface area (Å²) >= 11 is 0. The molecule has 0 radical (unpaired) electrons. The Balaban J connectivity index is 2.04. The minimum Gasteiger partial charge on any atom is -0.496 e. The number of rotatable bonds is 7. The summed E-state index contributed by atoms with van der Waals surface area (Å²) in [4.78, 5) is 12.2. The first-order valence-corrected chi connectivity index (χ1v) is 7.94. The molecule has 1 fully saturated rings. The van der Waals surface area contributed by atoms with Crippen LogP contribution >= 0.6 is 0 Å². The summed E-state index contributed by atoms with van der Waals surface area (Å²) < 4.78 is 5.31. The van der Waals surface area contributed by atoms with Crippen LogP contribution in [-0.2, 0) is 4.79 Å². The van der Waals surface area contributed by atoms with Crippen molar-refractivity contribution in [2.24, 2.45) is 5.92 Å². The second-order valence-corrected chi connectivity index (χ2v) is 6.97. The molecule has 2 N–H and O–H groups in total. The van der Waals surface area contributed by atoms with E-state index in [1.165, 1.54) is 18.4 Å². The SMILES string of the molecule is COc1ccc(C(CC(=O)NCC(C)(C)O)C2CC2)cc1C. The lowest BCUT2D eigenvalue weighted by Gasteiger charge is -2.21. The van der Waals surface area contributed by atoms with Crippen LogP contribution in [0.1, 0.15) is 50.2 Å². The van der Waals surface area contributed by atoms with Crippen LogP contribution in [0.3, 0.4) is 0 Å². The molecule has 0 saturated heterocycles. The highest BCUT2D eigenvalue weighted by atomic mass is 16.5. The molecule has 4 nitrogen and oxygen atoms in total. The molecule has 2 rings (SSSR count). The average molecular weight is 305 g/mol. The summed E-state index contributed by atoms with van der Waals surface area (Å²) in [6.45, 7) is 5.70. The van der Waals surface area contributed by atoms with Crippen molar-refractivity contribution in [1.29, 1.82) is 0 Å². The molecule has 4 heteroatoms. The van der Waals surface area contributed by atoms with Crippen molar-refractivity contribution in [3.63, 3.8) is 0 Å². The third-order valence-electron chi connectivity index (χ3n) is 4.16. The van der Waals surface area contributed by atoms with E-state index in [0.29, 0.717) is 12.3 Å². The second kappa shape index (κ2) is 6.69. The number of carbonyl (C=O) groups excluding carboxylic acids is 1. The Hall–Kier alpha value is -1.55. The van der Waals surface area contributed by atoms with Gasteiger partial charge in [0.15, 0.2) is 0 Å². The lowest BCUT2D eigenvalue weighted by molar-refractivity contribution is -0.122. The molecule has 0 spiro atoms. The molecule has 0 aromatic heterocycles. The van der Waals surface area contributed by atoms with Crippen LogP contribution in [0.2, 0.25) is 0 Å². The summed E-state index contributed by atoms with van der Waals surface area (Å²) in [6.07, 6.45) is 2.86. The third kappa shape index (κ3) is 4.73. The fourth-order valence-electron chi connectivity index (χ4n) is 2.77. The normalized spacial score (nSPS) is 16.2. The number of benzene rings is 1. The third-order valence-corrected chi connectivity index (χ3v) is 4.16. The van der Waals surface area contributed by atoms with E-state index < -0.39 is 5.60 Å². The van der Waals surface area contributed by atoms with Crippen molar-refractivity contribution in [1.82, 2.24) is 5.32 Å². The van der Waals surface area contributed by atoms with Gasteiger partial charge >= 0.3 is 0 Å². The van der Waals surface area contributed by atoms with E-state index in [1.807, 2.05) is 13.0 Å². The van der Waals surface area contributed by atoms with E-state index in [2.05, 4.69) is 17.4 Å². The zero-order valence-corrected chi connectivity index (χ0v) is 14.0. The van der Waals surface area contributed by atoms with Gasteiger partial charge in [-0.1, -0.05) is 12.1 Å². The Morgan fingerprint density at radius 3 is 2.64 bits per heavy atom. The number of nitrogens with one attached hydrogen (secondary N) is 1. The lowest BCUT2D eigenvalue weighted by Crippen LogP contribution is -2.38. The molecule has 1 aliphatic carbocycles. The van der Waals surface area contributed by atoms with Crippen molar-refractivity contribution >= 4 is 5.91 Å². The summed E-state index contributed by atoms with van der Waals surface area (Å²) in [5, 5.41) is 12.5. The van der Waals surface area contributed by atoms with Crippen LogP contribution in [0.5, 0.6) is 5.75 Å². The average Bonchev–Trinajstić information content (AvgIpc) is 3.26. The molecule has 22 heavy (non-hydrogen) atoms. The van der Waals surface area contributed by atoms with Crippen molar-refractivity contribution in [2.45, 2.75) is 51.6 Å². The maximum absolute atomic E-state index is 12.2. The molecule has 0 aliphatic heterocycles. The molecular formula is C18H27NO3. The number of ether oxygens (including phenoxy) is 1. The lowest BCUT2D eigenvalue weighted by atomic mass is 9.89. The van der Waals surface area contributed by atoms with Gasteiger partial charge in [0.1, 0.15) is 5.75 Å². The van der Waals surface area contributed by atoms with Gasteiger partial charge in [0.05, 0.1) is 12.7 Å². The summed E-state index contributed by atoms with van der Waals surface area (Å²) in [7, 11) is 1.67. The predicted molar refractivity (Wildman–Crippen MR) is 87.1 cm³/mol. The molecule has 122 valence electrons. The highest BCUT2D eigenvalue weighted by molar-refractivity contribution is 5.77. The first-order chi connectivity index (χ1) is 10.3. The Kier molecular flexibility index (Phi) is 5.12. The van der Waals surface area contributed by atoms with E-state index >= 15 is 0 Å². The maximum Gasteiger partial charge on any atom is 0.220 e. The number of amides is 1. The molecule has 1 saturated carbocycles. The number of aryl methyl sites for hydroxylation is 1. The number of hydrogen-bond donors (Lipinski definition) is 2. The van der Waals surface area contributed by atoms with Gasteiger partial charge in [-0.05, 0) is 62.6 Å². The molecule has 1 atom stereocenters. The van der Waals surface area contributed by atoms with Crippen LogP contribution in [-0.4, -0.2) is 30.3 Å². The first-order valence-electron chi connectivity index (χ1n) is 7.94. The summed E-state index contributed by atoms with van der Waals surface area (Å²) in [5.74, 6) is 1.74. The molecule has 1 aliphatic rings. The minimum absolute atomic E-state index is 0.00694. The van der Waals surface area contributed by atoms with Gasteiger partial charge in [0.25, 0.3) is 0 Å². The zero-order valence-electron chi connectivity index (χ0n) is 14.0. The molecular weight excluding hydrogens is 278 g/mol. The van der Waals surface area contributed by atoms with Crippen LogP contribution in [0.15, 0.2) is 18.2 Å². The zero-order chi connectivity index (χ0) is 16.3. The van der Waals surface area contributed by atoms with Gasteiger partial charge in [-0.25, -0.2) is 0 Å². The van der Waals surface area contributed by atoms with Gasteiger partial charge in [0.2, 0.25) is 5.91 Å². The van der Waals surface area contributed by atoms with Crippen LogP contribution in [0.4, 0.5) is 0 Å². The van der Waals surface area contributed by atoms with Crippen molar-refractivity contribution < 1.29 is 14.6 Å². The van der Waals surface area contributed by atoms with Gasteiger partial charge in [-0.15, -0.1) is 0 Å². The molecule has 0 bridgehead atoms. The smallest absolute Gasteiger partial charge is 0.220 e. The summed E-state index contributed by atoms with van der Waals surface area (Å²) in [5.41, 5.74) is 1.43. The fraction of sp³-hybridized carbons (Fsp3) is 0.611. The van der Waals surface area contributed by atoms with Crippen molar-refractivity contribution in [3.8, 4) is 5.75 Å². The van der Waals surface area contributed by atoms with Crippen LogP contribution < -0.4 is 10.1 Å². The highest BCUT2D eigenvalue weighted by Gasteiger charge is 2.34. The Morgan fingerprint density at radius 2 is 2.14 bits per heavy atom. The minimum atomic E-state index is -0.874. The fourth-order valence-corrected chi connectivity index (χ4v) is 2.77. The monoisotopic (exact) mass is 305 g/mol. The van der Waals surface area contributed by atoms with Crippen LogP contribution in [0.25, 0.3) is 0 Å². The Morgan fingerprint density at radius 1 is 1.45 bits per heavy atom. The van der Waals surface area contributed by atoms with E-state index in [9.17, 15) is 9.90 Å². The van der Waals surface area contributed by atoms with Crippen molar-refractivity contribution in [3.05, 3.63) is 29.3 Å². The van der Waals surface area contributed by atoms with Gasteiger partial charge in [0, 0.05) is 13.0 Å². The first kappa shape index (κ1) is 16.8. The number of aliphatic hydroxyl groups is 1. The van der Waals surface area contributed by atoms with E-state index in [4.69, 9.17) is 4.74 Å². The predicted octanol–water partition coefficient (Wildman–Crippen LogP) is 2.77. The largest absolute Gasteiger partial charge is 0.496 e. The molecule has 0 heterocycles. The second-order valence-electron chi connectivity index (χ2n) is 6.97. The summed E-state index contributed by atoms with van der Waals surface area (Å²) in [6, 6.07) is 6.18. The molecule has 1 amide bonds. The molecule has 1 aromatic carbocycles. The topological polar surface area (TPSA) is 58.6 Å². The van der Waals surface area contributed by atoms with E-state index in [0.717, 1.165) is 11.3 Å². The molecule has 1 aromatic rings. The van der Waals surface area contributed by atoms with Gasteiger partial charge in [-0.2, -0.15) is 0 Å². The van der Waals surface area contributed by atoms with Crippen LogP contribution in [0, 0.1) is 12.8 Å². The number of carbonyl (C=O) groups is 1. The van der Waals surface area contributed by atoms with E-state index in [1.54, 1.807) is 21.0 Å².